The molecule has 0 aliphatic rings. The van der Waals surface area contributed by atoms with Crippen LogP contribution in [0.2, 0.25) is 0 Å². The van der Waals surface area contributed by atoms with Gasteiger partial charge < -0.3 is 11.1 Å². The van der Waals surface area contributed by atoms with E-state index in [1.807, 2.05) is 67.6 Å². The van der Waals surface area contributed by atoms with Crippen LogP contribution in [0.5, 0.6) is 0 Å². The SMILES string of the molecule is C=C(C)C[C@H](NC(=O)C(C)(c1ccccc1)c1ccccc1)C(N)=O. The van der Waals surface area contributed by atoms with Crippen molar-refractivity contribution in [3.63, 3.8) is 0 Å². The Kier molecular flexibility index (Phi) is 5.75. The standard InChI is InChI=1S/C21H24N2O2/c1-15(2)14-18(19(22)24)23-20(25)21(3,16-10-6-4-7-11-16)17-12-8-5-9-13-17/h4-13,18H,1,14H2,2-3H3,(H2,22,24)(H,23,25)/t18-/m0/s1. The molecule has 2 amide bonds. The molecule has 2 aromatic rings. The second-order valence-corrected chi connectivity index (χ2v) is 6.45. The Morgan fingerprint density at radius 3 is 1.84 bits per heavy atom. The predicted molar refractivity (Wildman–Crippen MR) is 99.9 cm³/mol. The van der Waals surface area contributed by atoms with Crippen LogP contribution in [0.3, 0.4) is 0 Å². The number of amides is 2. The number of carbonyl (C=O) groups excluding carboxylic acids is 2. The molecule has 0 aromatic heterocycles. The number of hydrogen-bond donors (Lipinski definition) is 2. The van der Waals surface area contributed by atoms with Crippen molar-refractivity contribution in [2.24, 2.45) is 5.73 Å². The summed E-state index contributed by atoms with van der Waals surface area (Å²) in [5.74, 6) is -0.838. The Hall–Kier alpha value is -2.88. The zero-order valence-corrected chi connectivity index (χ0v) is 14.7. The molecule has 0 bridgehead atoms. The van der Waals surface area contributed by atoms with Gasteiger partial charge in [-0.3, -0.25) is 9.59 Å². The molecule has 0 aliphatic carbocycles. The van der Waals surface area contributed by atoms with Crippen LogP contribution in [0.1, 0.15) is 31.4 Å². The van der Waals surface area contributed by atoms with E-state index in [1.54, 1.807) is 6.92 Å². The second kappa shape index (κ2) is 7.79. The molecule has 4 nitrogen and oxygen atoms in total. The van der Waals surface area contributed by atoms with Crippen LogP contribution in [0.4, 0.5) is 0 Å². The lowest BCUT2D eigenvalue weighted by atomic mass is 9.75. The molecule has 2 rings (SSSR count). The minimum absolute atomic E-state index is 0.269. The van der Waals surface area contributed by atoms with Gasteiger partial charge in [0.25, 0.3) is 0 Å². The number of hydrogen-bond acceptors (Lipinski definition) is 2. The number of nitrogens with one attached hydrogen (secondary N) is 1. The highest BCUT2D eigenvalue weighted by molar-refractivity contribution is 5.95. The van der Waals surface area contributed by atoms with E-state index in [0.29, 0.717) is 6.42 Å². The van der Waals surface area contributed by atoms with Crippen molar-refractivity contribution < 1.29 is 9.59 Å². The van der Waals surface area contributed by atoms with E-state index in [2.05, 4.69) is 11.9 Å². The number of benzene rings is 2. The van der Waals surface area contributed by atoms with Gasteiger partial charge in [-0.05, 0) is 31.4 Å². The monoisotopic (exact) mass is 336 g/mol. The number of nitrogens with two attached hydrogens (primary N) is 1. The molecule has 3 N–H and O–H groups in total. The molecule has 25 heavy (non-hydrogen) atoms. The first-order valence-corrected chi connectivity index (χ1v) is 8.21. The fourth-order valence-electron chi connectivity index (χ4n) is 2.85. The first kappa shape index (κ1) is 18.5. The van der Waals surface area contributed by atoms with Crippen LogP contribution >= 0.6 is 0 Å². The topological polar surface area (TPSA) is 72.2 Å². The number of rotatable bonds is 7. The Morgan fingerprint density at radius 1 is 1.04 bits per heavy atom. The van der Waals surface area contributed by atoms with Gasteiger partial charge in [0.05, 0.1) is 5.41 Å². The summed E-state index contributed by atoms with van der Waals surface area (Å²) in [6.07, 6.45) is 0.320. The maximum atomic E-state index is 13.2. The molecule has 0 aliphatic heterocycles. The largest absolute Gasteiger partial charge is 0.368 e. The Balaban J connectivity index is 2.44. The third kappa shape index (κ3) is 4.15. The van der Waals surface area contributed by atoms with Crippen LogP contribution in [-0.4, -0.2) is 17.9 Å². The van der Waals surface area contributed by atoms with Gasteiger partial charge in [-0.25, -0.2) is 0 Å². The molecule has 2 aromatic carbocycles. The summed E-state index contributed by atoms with van der Waals surface area (Å²) in [7, 11) is 0. The van der Waals surface area contributed by atoms with E-state index in [9.17, 15) is 9.59 Å². The molecule has 0 radical (unpaired) electrons. The maximum absolute atomic E-state index is 13.2. The van der Waals surface area contributed by atoms with Crippen LogP contribution in [0.25, 0.3) is 0 Å². The summed E-state index contributed by atoms with van der Waals surface area (Å²) in [6.45, 7) is 7.46. The molecule has 0 saturated carbocycles. The van der Waals surface area contributed by atoms with Crippen molar-refractivity contribution in [3.8, 4) is 0 Å². The van der Waals surface area contributed by atoms with E-state index in [-0.39, 0.29) is 5.91 Å². The molecule has 130 valence electrons. The number of carbonyl (C=O) groups is 2. The van der Waals surface area contributed by atoms with Gasteiger partial charge in [-0.15, -0.1) is 6.58 Å². The van der Waals surface area contributed by atoms with E-state index in [0.717, 1.165) is 16.7 Å². The summed E-state index contributed by atoms with van der Waals surface area (Å²) in [6, 6.07) is 18.2. The highest BCUT2D eigenvalue weighted by Gasteiger charge is 2.38. The summed E-state index contributed by atoms with van der Waals surface area (Å²) in [5.41, 5.74) is 6.99. The molecule has 0 heterocycles. The highest BCUT2D eigenvalue weighted by Crippen LogP contribution is 2.32. The molecule has 4 heteroatoms. The van der Waals surface area contributed by atoms with Gasteiger partial charge in [-0.2, -0.15) is 0 Å². The minimum atomic E-state index is -0.939. The van der Waals surface area contributed by atoms with Crippen molar-refractivity contribution in [1.29, 1.82) is 0 Å². The lowest BCUT2D eigenvalue weighted by Crippen LogP contribution is -2.51. The quantitative estimate of drug-likeness (QED) is 0.763. The normalized spacial score (nSPS) is 12.2. The zero-order valence-electron chi connectivity index (χ0n) is 14.7. The lowest BCUT2D eigenvalue weighted by molar-refractivity contribution is -0.129. The first-order chi connectivity index (χ1) is 11.9. The van der Waals surface area contributed by atoms with Gasteiger partial charge in [0.2, 0.25) is 11.8 Å². The van der Waals surface area contributed by atoms with Crippen molar-refractivity contribution in [1.82, 2.24) is 5.32 Å². The van der Waals surface area contributed by atoms with E-state index in [1.165, 1.54) is 0 Å². The smallest absolute Gasteiger partial charge is 0.240 e. The van der Waals surface area contributed by atoms with Crippen molar-refractivity contribution in [2.75, 3.05) is 0 Å². The molecule has 1 atom stereocenters. The second-order valence-electron chi connectivity index (χ2n) is 6.45. The molecule has 0 unspecified atom stereocenters. The Bertz CT molecular complexity index is 714. The summed E-state index contributed by atoms with van der Waals surface area (Å²) in [4.78, 5) is 25.0. The van der Waals surface area contributed by atoms with Crippen LogP contribution in [0, 0.1) is 0 Å². The summed E-state index contributed by atoms with van der Waals surface area (Å²) >= 11 is 0. The fourth-order valence-corrected chi connectivity index (χ4v) is 2.85. The Morgan fingerprint density at radius 2 is 1.48 bits per heavy atom. The molecular weight excluding hydrogens is 312 g/mol. The fraction of sp³-hybridized carbons (Fsp3) is 0.238. The van der Waals surface area contributed by atoms with Crippen molar-refractivity contribution >= 4 is 11.8 Å². The van der Waals surface area contributed by atoms with E-state index < -0.39 is 17.4 Å². The molecule has 0 spiro atoms. The van der Waals surface area contributed by atoms with E-state index >= 15 is 0 Å². The third-order valence-electron chi connectivity index (χ3n) is 4.36. The average molecular weight is 336 g/mol. The van der Waals surface area contributed by atoms with Gasteiger partial charge >= 0.3 is 0 Å². The van der Waals surface area contributed by atoms with Gasteiger partial charge in [0.1, 0.15) is 6.04 Å². The van der Waals surface area contributed by atoms with Crippen molar-refractivity contribution in [3.05, 3.63) is 83.9 Å². The molecular formula is C21H24N2O2. The van der Waals surface area contributed by atoms with Crippen LogP contribution < -0.4 is 11.1 Å². The van der Waals surface area contributed by atoms with Crippen LogP contribution in [-0.2, 0) is 15.0 Å². The molecule has 0 saturated heterocycles. The predicted octanol–water partition coefficient (Wildman–Crippen LogP) is 2.93. The minimum Gasteiger partial charge on any atom is -0.368 e. The average Bonchev–Trinajstić information content (AvgIpc) is 2.61. The van der Waals surface area contributed by atoms with Gasteiger partial charge in [0, 0.05) is 0 Å². The van der Waals surface area contributed by atoms with Crippen LogP contribution in [0.15, 0.2) is 72.8 Å². The summed E-state index contributed by atoms with van der Waals surface area (Å²) in [5, 5.41) is 2.81. The van der Waals surface area contributed by atoms with Gasteiger partial charge in [-0.1, -0.05) is 66.2 Å². The maximum Gasteiger partial charge on any atom is 0.240 e. The van der Waals surface area contributed by atoms with Crippen molar-refractivity contribution in [2.45, 2.75) is 31.7 Å². The first-order valence-electron chi connectivity index (χ1n) is 8.21. The molecule has 0 fully saturated rings. The zero-order chi connectivity index (χ0) is 18.4. The highest BCUT2D eigenvalue weighted by atomic mass is 16.2. The van der Waals surface area contributed by atoms with Gasteiger partial charge in [0.15, 0.2) is 0 Å². The summed E-state index contributed by atoms with van der Waals surface area (Å²) < 4.78 is 0. The number of primary amides is 1. The Labute approximate surface area is 148 Å². The van der Waals surface area contributed by atoms with E-state index in [4.69, 9.17) is 5.73 Å². The lowest BCUT2D eigenvalue weighted by Gasteiger charge is -2.31. The third-order valence-corrected chi connectivity index (χ3v) is 4.36.